The van der Waals surface area contributed by atoms with Crippen LogP contribution in [-0.2, 0) is 20.9 Å². The van der Waals surface area contributed by atoms with E-state index in [0.29, 0.717) is 24.3 Å². The molecule has 140 valence electrons. The molecule has 1 aliphatic heterocycles. The number of hydrogen-bond donors (Lipinski definition) is 1. The molecule has 0 saturated heterocycles. The number of aliphatic carboxylic acids is 1. The Labute approximate surface area is 158 Å². The second-order valence-electron chi connectivity index (χ2n) is 6.63. The molecule has 1 N–H and O–H groups in total. The fourth-order valence-corrected chi connectivity index (χ4v) is 3.37. The van der Waals surface area contributed by atoms with Crippen LogP contribution in [-0.4, -0.2) is 40.9 Å². The minimum Gasteiger partial charge on any atom is -0.481 e. The first-order chi connectivity index (χ1) is 13.0. The number of rotatable bonds is 6. The molecule has 2 aromatic rings. The molecule has 1 unspecified atom stereocenters. The van der Waals surface area contributed by atoms with Gasteiger partial charge in [-0.05, 0) is 17.2 Å². The molecule has 6 heteroatoms. The molecular weight excluding hydrogens is 344 g/mol. The highest BCUT2D eigenvalue weighted by Crippen LogP contribution is 2.36. The van der Waals surface area contributed by atoms with Gasteiger partial charge >= 0.3 is 5.97 Å². The van der Waals surface area contributed by atoms with E-state index in [0.717, 1.165) is 5.56 Å². The topological polar surface area (TPSA) is 77.9 Å². The van der Waals surface area contributed by atoms with Crippen LogP contribution in [0.15, 0.2) is 54.6 Å². The Morgan fingerprint density at radius 2 is 1.74 bits per heavy atom. The van der Waals surface area contributed by atoms with Crippen molar-refractivity contribution >= 4 is 23.5 Å². The Morgan fingerprint density at radius 1 is 1.07 bits per heavy atom. The SMILES string of the molecule is CC(=O)N(CCC(=O)N1CC(C(=O)O)c2ccccc21)Cc1ccccc1. The van der Waals surface area contributed by atoms with Crippen molar-refractivity contribution in [2.75, 3.05) is 18.0 Å². The first-order valence-corrected chi connectivity index (χ1v) is 8.89. The van der Waals surface area contributed by atoms with Gasteiger partial charge in [-0.15, -0.1) is 0 Å². The summed E-state index contributed by atoms with van der Waals surface area (Å²) >= 11 is 0. The van der Waals surface area contributed by atoms with Crippen LogP contribution in [0.5, 0.6) is 0 Å². The number of carboxylic acids is 1. The summed E-state index contributed by atoms with van der Waals surface area (Å²) in [6.45, 7) is 2.35. The number of amides is 2. The van der Waals surface area contributed by atoms with Gasteiger partial charge in [-0.1, -0.05) is 48.5 Å². The lowest BCUT2D eigenvalue weighted by Crippen LogP contribution is -2.36. The molecule has 0 radical (unpaired) electrons. The zero-order valence-corrected chi connectivity index (χ0v) is 15.2. The minimum atomic E-state index is -0.938. The lowest BCUT2D eigenvalue weighted by Gasteiger charge is -2.23. The van der Waals surface area contributed by atoms with Crippen LogP contribution >= 0.6 is 0 Å². The molecule has 0 aromatic heterocycles. The lowest BCUT2D eigenvalue weighted by molar-refractivity contribution is -0.138. The van der Waals surface area contributed by atoms with E-state index in [9.17, 15) is 19.5 Å². The van der Waals surface area contributed by atoms with E-state index < -0.39 is 11.9 Å². The summed E-state index contributed by atoms with van der Waals surface area (Å²) < 4.78 is 0. The summed E-state index contributed by atoms with van der Waals surface area (Å²) in [6.07, 6.45) is 0.146. The molecular formula is C21H22N2O4. The van der Waals surface area contributed by atoms with Crippen molar-refractivity contribution in [3.8, 4) is 0 Å². The van der Waals surface area contributed by atoms with Crippen LogP contribution in [0.3, 0.4) is 0 Å². The zero-order valence-electron chi connectivity index (χ0n) is 15.2. The van der Waals surface area contributed by atoms with Crippen molar-refractivity contribution < 1.29 is 19.5 Å². The third kappa shape index (κ3) is 4.16. The molecule has 0 saturated carbocycles. The molecule has 0 bridgehead atoms. The van der Waals surface area contributed by atoms with Gasteiger partial charge in [-0.25, -0.2) is 0 Å². The first kappa shape index (κ1) is 18.6. The van der Waals surface area contributed by atoms with Crippen LogP contribution in [0.1, 0.15) is 30.4 Å². The molecule has 27 heavy (non-hydrogen) atoms. The van der Waals surface area contributed by atoms with Crippen molar-refractivity contribution in [3.63, 3.8) is 0 Å². The van der Waals surface area contributed by atoms with E-state index >= 15 is 0 Å². The average Bonchev–Trinajstić information content (AvgIpc) is 3.05. The van der Waals surface area contributed by atoms with E-state index in [1.54, 1.807) is 29.2 Å². The van der Waals surface area contributed by atoms with Crippen molar-refractivity contribution in [2.45, 2.75) is 25.8 Å². The third-order valence-corrected chi connectivity index (χ3v) is 4.82. The molecule has 2 amide bonds. The van der Waals surface area contributed by atoms with Crippen LogP contribution in [0, 0.1) is 0 Å². The number of benzene rings is 2. The van der Waals surface area contributed by atoms with Crippen LogP contribution in [0.25, 0.3) is 0 Å². The molecule has 1 heterocycles. The van der Waals surface area contributed by atoms with E-state index in [2.05, 4.69) is 0 Å². The molecule has 1 atom stereocenters. The summed E-state index contributed by atoms with van der Waals surface area (Å²) in [7, 11) is 0. The van der Waals surface area contributed by atoms with Gasteiger partial charge in [0, 0.05) is 38.7 Å². The highest BCUT2D eigenvalue weighted by Gasteiger charge is 2.36. The molecule has 6 nitrogen and oxygen atoms in total. The highest BCUT2D eigenvalue weighted by atomic mass is 16.4. The predicted octanol–water partition coefficient (Wildman–Crippen LogP) is 2.64. The van der Waals surface area contributed by atoms with Crippen molar-refractivity contribution in [3.05, 3.63) is 65.7 Å². The molecule has 2 aromatic carbocycles. The summed E-state index contributed by atoms with van der Waals surface area (Å²) in [5.74, 6) is -1.92. The zero-order chi connectivity index (χ0) is 19.4. The number of carbonyl (C=O) groups excluding carboxylic acids is 2. The second kappa shape index (κ2) is 8.03. The highest BCUT2D eigenvalue weighted by molar-refractivity contribution is 5.99. The van der Waals surface area contributed by atoms with E-state index in [4.69, 9.17) is 0 Å². The van der Waals surface area contributed by atoms with Crippen LogP contribution in [0.4, 0.5) is 5.69 Å². The molecule has 0 spiro atoms. The maximum absolute atomic E-state index is 12.8. The van der Waals surface area contributed by atoms with Crippen molar-refractivity contribution in [2.24, 2.45) is 0 Å². The molecule has 3 rings (SSSR count). The van der Waals surface area contributed by atoms with Gasteiger partial charge in [-0.3, -0.25) is 14.4 Å². The quantitative estimate of drug-likeness (QED) is 0.853. The number of nitrogens with zero attached hydrogens (tertiary/aromatic N) is 2. The van der Waals surface area contributed by atoms with E-state index in [-0.39, 0.29) is 24.8 Å². The number of carboxylic acid groups (broad SMARTS) is 1. The first-order valence-electron chi connectivity index (χ1n) is 8.89. The fourth-order valence-electron chi connectivity index (χ4n) is 3.37. The number of hydrogen-bond acceptors (Lipinski definition) is 3. The Morgan fingerprint density at radius 3 is 2.41 bits per heavy atom. The Bertz CT molecular complexity index is 850. The second-order valence-corrected chi connectivity index (χ2v) is 6.63. The predicted molar refractivity (Wildman–Crippen MR) is 101 cm³/mol. The normalized spacial score (nSPS) is 15.3. The standard InChI is InChI=1S/C21H22N2O4/c1-15(24)22(13-16-7-3-2-4-8-16)12-11-20(25)23-14-18(21(26)27)17-9-5-6-10-19(17)23/h2-10,18H,11-14H2,1H3,(H,26,27). The summed E-state index contributed by atoms with van der Waals surface area (Å²) in [5.41, 5.74) is 2.30. The largest absolute Gasteiger partial charge is 0.481 e. The van der Waals surface area contributed by atoms with Gasteiger partial charge in [0.2, 0.25) is 11.8 Å². The number of anilines is 1. The number of fused-ring (bicyclic) bond motifs is 1. The van der Waals surface area contributed by atoms with E-state index in [1.807, 2.05) is 30.3 Å². The van der Waals surface area contributed by atoms with Gasteiger partial charge in [0.15, 0.2) is 0 Å². The molecule has 0 fully saturated rings. The average molecular weight is 366 g/mol. The van der Waals surface area contributed by atoms with Gasteiger partial charge in [0.05, 0.1) is 0 Å². The molecule has 1 aliphatic rings. The van der Waals surface area contributed by atoms with Gasteiger partial charge in [0.1, 0.15) is 5.92 Å². The van der Waals surface area contributed by atoms with Crippen LogP contribution in [0.2, 0.25) is 0 Å². The van der Waals surface area contributed by atoms with Crippen molar-refractivity contribution in [1.82, 2.24) is 4.90 Å². The van der Waals surface area contributed by atoms with Crippen molar-refractivity contribution in [1.29, 1.82) is 0 Å². The summed E-state index contributed by atoms with van der Waals surface area (Å²) in [5, 5.41) is 9.42. The summed E-state index contributed by atoms with van der Waals surface area (Å²) in [6, 6.07) is 16.7. The Hall–Kier alpha value is -3.15. The van der Waals surface area contributed by atoms with Gasteiger partial charge < -0.3 is 14.9 Å². The number of para-hydroxylation sites is 1. The van der Waals surface area contributed by atoms with Crippen LogP contribution < -0.4 is 4.90 Å². The maximum atomic E-state index is 12.8. The Balaban J connectivity index is 1.68. The smallest absolute Gasteiger partial charge is 0.312 e. The van der Waals surface area contributed by atoms with Gasteiger partial charge in [0.25, 0.3) is 0 Å². The summed E-state index contributed by atoms with van der Waals surface area (Å²) in [4.78, 5) is 39.3. The fraction of sp³-hybridized carbons (Fsp3) is 0.286. The number of carbonyl (C=O) groups is 3. The third-order valence-electron chi connectivity index (χ3n) is 4.82. The minimum absolute atomic E-state index is 0.100. The maximum Gasteiger partial charge on any atom is 0.312 e. The van der Waals surface area contributed by atoms with Gasteiger partial charge in [-0.2, -0.15) is 0 Å². The lowest BCUT2D eigenvalue weighted by atomic mass is 10.0. The van der Waals surface area contributed by atoms with E-state index in [1.165, 1.54) is 11.8 Å². The Kier molecular flexibility index (Phi) is 5.54. The molecule has 0 aliphatic carbocycles. The monoisotopic (exact) mass is 366 g/mol.